The summed E-state index contributed by atoms with van der Waals surface area (Å²) in [6.45, 7) is 0.904. The second kappa shape index (κ2) is 7.01. The molecule has 0 aliphatic carbocycles. The van der Waals surface area contributed by atoms with Crippen LogP contribution in [0, 0.1) is 0 Å². The molecule has 140 valence electrons. The number of fused-ring (bicyclic) bond motifs is 1. The number of halogens is 3. The molecule has 2 aromatic rings. The number of ether oxygens (including phenoxy) is 1. The Morgan fingerprint density at radius 1 is 1.00 bits per heavy atom. The minimum atomic E-state index is -0.565. The zero-order valence-electron chi connectivity index (χ0n) is 14.3. The molecule has 0 atom stereocenters. The van der Waals surface area contributed by atoms with Crippen LogP contribution in [0.15, 0.2) is 36.4 Å². The molecule has 4 nitrogen and oxygen atoms in total. The highest BCUT2D eigenvalue weighted by molar-refractivity contribution is 6.46. The Balaban J connectivity index is 1.53. The zero-order valence-corrected chi connectivity index (χ0v) is 16.6. The number of benzene rings is 2. The number of Topliss-reactive ketones (excluding diaryl/α,β-unsaturated/α-hetero) is 1. The molecule has 0 N–H and O–H groups in total. The molecule has 1 spiro atoms. The highest BCUT2D eigenvalue weighted by Gasteiger charge is 2.43. The van der Waals surface area contributed by atoms with Gasteiger partial charge in [-0.3, -0.25) is 9.59 Å². The monoisotopic (exact) mass is 423 g/mol. The fraction of sp³-hybridized carbons (Fsp3) is 0.300. The Bertz CT molecular complexity index is 936. The lowest BCUT2D eigenvalue weighted by atomic mass is 9.82. The third-order valence-corrected chi connectivity index (χ3v) is 6.34. The van der Waals surface area contributed by atoms with E-state index in [1.807, 2.05) is 18.2 Å². The van der Waals surface area contributed by atoms with E-state index in [9.17, 15) is 9.59 Å². The minimum Gasteiger partial charge on any atom is -0.486 e. The number of carbonyl (C=O) groups is 2. The zero-order chi connectivity index (χ0) is 19.2. The molecular weight excluding hydrogens is 409 g/mol. The smallest absolute Gasteiger partial charge is 0.256 e. The number of hydrogen-bond acceptors (Lipinski definition) is 3. The van der Waals surface area contributed by atoms with E-state index in [2.05, 4.69) is 0 Å². The van der Waals surface area contributed by atoms with Crippen molar-refractivity contribution in [2.45, 2.75) is 24.9 Å². The third-order valence-electron chi connectivity index (χ3n) is 5.22. The van der Waals surface area contributed by atoms with Crippen LogP contribution in [-0.4, -0.2) is 35.3 Å². The molecule has 1 amide bonds. The highest BCUT2D eigenvalue weighted by atomic mass is 35.5. The van der Waals surface area contributed by atoms with E-state index < -0.39 is 5.60 Å². The first-order valence-corrected chi connectivity index (χ1v) is 9.78. The number of nitrogens with zero attached hydrogens (tertiary/aromatic N) is 1. The lowest BCUT2D eigenvalue weighted by Crippen LogP contribution is -2.52. The van der Waals surface area contributed by atoms with Gasteiger partial charge in [0.15, 0.2) is 5.78 Å². The van der Waals surface area contributed by atoms with Crippen LogP contribution in [0.4, 0.5) is 0 Å². The predicted molar refractivity (Wildman–Crippen MR) is 105 cm³/mol. The quantitative estimate of drug-likeness (QED) is 0.585. The Morgan fingerprint density at radius 2 is 1.67 bits per heavy atom. The minimum absolute atomic E-state index is 0.0811. The molecule has 0 radical (unpaired) electrons. The molecule has 27 heavy (non-hydrogen) atoms. The van der Waals surface area contributed by atoms with Crippen molar-refractivity contribution in [3.8, 4) is 5.75 Å². The molecule has 4 rings (SSSR count). The van der Waals surface area contributed by atoms with Crippen molar-refractivity contribution in [3.63, 3.8) is 0 Å². The summed E-state index contributed by atoms with van der Waals surface area (Å²) in [7, 11) is 0. The number of piperidine rings is 1. The number of rotatable bonds is 1. The number of hydrogen-bond donors (Lipinski definition) is 0. The molecule has 0 saturated carbocycles. The number of ketones is 1. The predicted octanol–water partition coefficient (Wildman–Crippen LogP) is 5.29. The molecule has 0 unspecified atom stereocenters. The van der Waals surface area contributed by atoms with Gasteiger partial charge in [0, 0.05) is 25.9 Å². The topological polar surface area (TPSA) is 46.6 Å². The molecular formula is C20H16Cl3NO3. The normalized spacial score (nSPS) is 18.2. The average Bonchev–Trinajstić information content (AvgIpc) is 2.65. The SMILES string of the molecule is O=C1CC2(CCN(C(=O)c3c(Cl)ccc(Cl)c3Cl)CC2)Oc2ccccc21. The van der Waals surface area contributed by atoms with Crippen molar-refractivity contribution in [1.82, 2.24) is 4.90 Å². The van der Waals surface area contributed by atoms with Crippen LogP contribution in [0.3, 0.4) is 0 Å². The van der Waals surface area contributed by atoms with E-state index in [0.717, 1.165) is 0 Å². The summed E-state index contributed by atoms with van der Waals surface area (Å²) in [6.07, 6.45) is 1.45. The van der Waals surface area contributed by atoms with Crippen molar-refractivity contribution >= 4 is 46.5 Å². The molecule has 1 saturated heterocycles. The summed E-state index contributed by atoms with van der Waals surface area (Å²) in [6, 6.07) is 10.4. The second-order valence-corrected chi connectivity index (χ2v) is 8.08. The molecule has 7 heteroatoms. The third kappa shape index (κ3) is 3.31. The Labute approximate surface area is 172 Å². The molecule has 0 aromatic heterocycles. The maximum Gasteiger partial charge on any atom is 0.256 e. The highest BCUT2D eigenvalue weighted by Crippen LogP contribution is 2.40. The van der Waals surface area contributed by atoms with Crippen LogP contribution in [0.25, 0.3) is 0 Å². The van der Waals surface area contributed by atoms with Gasteiger partial charge in [0.25, 0.3) is 5.91 Å². The molecule has 2 heterocycles. The van der Waals surface area contributed by atoms with E-state index >= 15 is 0 Å². The summed E-state index contributed by atoms with van der Waals surface area (Å²) < 4.78 is 6.20. The summed E-state index contributed by atoms with van der Waals surface area (Å²) in [5, 5.41) is 0.718. The maximum atomic E-state index is 12.9. The molecule has 0 bridgehead atoms. The lowest BCUT2D eigenvalue weighted by molar-refractivity contribution is -0.00569. The van der Waals surface area contributed by atoms with Gasteiger partial charge in [-0.2, -0.15) is 0 Å². The van der Waals surface area contributed by atoms with E-state index in [1.165, 1.54) is 0 Å². The summed E-state index contributed by atoms with van der Waals surface area (Å²) in [5.74, 6) is 0.442. The molecule has 2 aliphatic heterocycles. The molecule has 2 aromatic carbocycles. The summed E-state index contributed by atoms with van der Waals surface area (Å²) in [4.78, 5) is 27.1. The van der Waals surface area contributed by atoms with Gasteiger partial charge >= 0.3 is 0 Å². The van der Waals surface area contributed by atoms with Crippen molar-refractivity contribution in [2.24, 2.45) is 0 Å². The fourth-order valence-electron chi connectivity index (χ4n) is 3.72. The van der Waals surface area contributed by atoms with Gasteiger partial charge in [0.1, 0.15) is 11.4 Å². The number of likely N-dealkylation sites (tertiary alicyclic amines) is 1. The Hall–Kier alpha value is -1.75. The summed E-state index contributed by atoms with van der Waals surface area (Å²) >= 11 is 18.4. The number of amides is 1. The van der Waals surface area contributed by atoms with E-state index in [4.69, 9.17) is 39.5 Å². The van der Waals surface area contributed by atoms with E-state index in [1.54, 1.807) is 23.1 Å². The largest absolute Gasteiger partial charge is 0.486 e. The first kappa shape index (κ1) is 18.6. The van der Waals surface area contributed by atoms with Gasteiger partial charge in [0.05, 0.1) is 32.6 Å². The van der Waals surface area contributed by atoms with Crippen LogP contribution in [0.1, 0.15) is 40.0 Å². The fourth-order valence-corrected chi connectivity index (χ4v) is 4.41. The van der Waals surface area contributed by atoms with Gasteiger partial charge in [-0.05, 0) is 24.3 Å². The first-order chi connectivity index (χ1) is 12.9. The van der Waals surface area contributed by atoms with Crippen LogP contribution in [-0.2, 0) is 0 Å². The lowest BCUT2D eigenvalue weighted by Gasteiger charge is -2.44. The molecule has 1 fully saturated rings. The molecule has 2 aliphatic rings. The van der Waals surface area contributed by atoms with Crippen molar-refractivity contribution < 1.29 is 14.3 Å². The second-order valence-electron chi connectivity index (χ2n) is 6.89. The van der Waals surface area contributed by atoms with Gasteiger partial charge < -0.3 is 9.64 Å². The van der Waals surface area contributed by atoms with Crippen LogP contribution in [0.2, 0.25) is 15.1 Å². The maximum absolute atomic E-state index is 12.9. The van der Waals surface area contributed by atoms with Gasteiger partial charge in [-0.25, -0.2) is 0 Å². The average molecular weight is 425 g/mol. The van der Waals surface area contributed by atoms with E-state index in [0.29, 0.717) is 43.7 Å². The van der Waals surface area contributed by atoms with Gasteiger partial charge in [0.2, 0.25) is 0 Å². The summed E-state index contributed by atoms with van der Waals surface area (Å²) in [5.41, 5.74) is 0.274. The van der Waals surface area contributed by atoms with Crippen LogP contribution >= 0.6 is 34.8 Å². The van der Waals surface area contributed by atoms with E-state index in [-0.39, 0.29) is 32.3 Å². The number of carbonyl (C=O) groups excluding carboxylic acids is 2. The van der Waals surface area contributed by atoms with Crippen LogP contribution in [0.5, 0.6) is 5.75 Å². The van der Waals surface area contributed by atoms with Crippen molar-refractivity contribution in [2.75, 3.05) is 13.1 Å². The number of para-hydroxylation sites is 1. The van der Waals surface area contributed by atoms with Crippen molar-refractivity contribution in [3.05, 3.63) is 62.6 Å². The Kier molecular flexibility index (Phi) is 4.83. The van der Waals surface area contributed by atoms with Crippen LogP contribution < -0.4 is 4.74 Å². The standard InChI is InChI=1S/C20H16Cl3NO3/c21-13-5-6-14(22)18(23)17(13)19(26)24-9-7-20(8-10-24)11-15(25)12-3-1-2-4-16(12)27-20/h1-6H,7-11H2. The first-order valence-electron chi connectivity index (χ1n) is 8.64. The van der Waals surface area contributed by atoms with Gasteiger partial charge in [-0.1, -0.05) is 46.9 Å². The Morgan fingerprint density at radius 3 is 2.41 bits per heavy atom. The van der Waals surface area contributed by atoms with Gasteiger partial charge in [-0.15, -0.1) is 0 Å². The van der Waals surface area contributed by atoms with Crippen molar-refractivity contribution in [1.29, 1.82) is 0 Å².